The topological polar surface area (TPSA) is 41.9 Å². The van der Waals surface area contributed by atoms with Crippen molar-refractivity contribution in [2.45, 2.75) is 36.5 Å². The predicted octanol–water partition coefficient (Wildman–Crippen LogP) is 1.50. The van der Waals surface area contributed by atoms with Crippen LogP contribution in [0.5, 0.6) is 11.5 Å². The van der Waals surface area contributed by atoms with Crippen LogP contribution in [-0.4, -0.2) is 48.9 Å². The summed E-state index contributed by atoms with van der Waals surface area (Å²) in [5.74, 6) is -0.217. The van der Waals surface area contributed by atoms with E-state index in [2.05, 4.69) is 4.90 Å². The molecule has 5 atom stereocenters. The van der Waals surface area contributed by atoms with Crippen molar-refractivity contribution in [3.05, 3.63) is 35.4 Å². The van der Waals surface area contributed by atoms with Crippen molar-refractivity contribution in [3.63, 3.8) is 0 Å². The molecule has 1 fully saturated rings. The standard InChI is InChI=1S/C18H21NO3/c1-19-8-7-18-11-4-5-13(20)17(18)22-16-14(21-2)6-3-10(15(16)18)9-12(11)19/h3-6,11-13,17,20H,7-9H2,1-2H3/t11-,12+,13?,17?,18-/m0/s1/i2D3,3D,6D,13D. The van der Waals surface area contributed by atoms with E-state index in [1.807, 2.05) is 13.1 Å². The van der Waals surface area contributed by atoms with E-state index in [-0.39, 0.29) is 35.5 Å². The summed E-state index contributed by atoms with van der Waals surface area (Å²) in [4.78, 5) is 2.21. The molecule has 2 heterocycles. The second-order valence-electron chi connectivity index (χ2n) is 6.71. The number of benzene rings is 1. The molecule has 22 heavy (non-hydrogen) atoms. The molecule has 2 aliphatic carbocycles. The van der Waals surface area contributed by atoms with Gasteiger partial charge in [-0.15, -0.1) is 0 Å². The van der Waals surface area contributed by atoms with Crippen LogP contribution in [-0.2, 0) is 11.8 Å². The Morgan fingerprint density at radius 3 is 3.32 bits per heavy atom. The van der Waals surface area contributed by atoms with Gasteiger partial charge < -0.3 is 19.5 Å². The van der Waals surface area contributed by atoms with Crippen LogP contribution in [0.25, 0.3) is 0 Å². The number of nitrogens with zero attached hydrogens (tertiary/aromatic N) is 1. The molecule has 1 saturated heterocycles. The van der Waals surface area contributed by atoms with Crippen molar-refractivity contribution in [2.75, 3.05) is 20.6 Å². The molecule has 1 N–H and O–H groups in total. The summed E-state index contributed by atoms with van der Waals surface area (Å²) >= 11 is 0. The zero-order valence-electron chi connectivity index (χ0n) is 18.2. The van der Waals surface area contributed by atoms with Gasteiger partial charge in [0.15, 0.2) is 11.5 Å². The van der Waals surface area contributed by atoms with E-state index >= 15 is 0 Å². The Hall–Kier alpha value is -1.52. The minimum absolute atomic E-state index is 0.0350. The fourth-order valence-electron chi connectivity index (χ4n) is 5.00. The Bertz CT molecular complexity index is 914. The molecule has 1 spiro atoms. The van der Waals surface area contributed by atoms with E-state index in [0.29, 0.717) is 24.0 Å². The molecule has 4 aliphatic rings. The summed E-state index contributed by atoms with van der Waals surface area (Å²) in [6.45, 7) is 0.731. The summed E-state index contributed by atoms with van der Waals surface area (Å²) in [5.41, 5.74) is 0.559. The molecule has 2 aliphatic heterocycles. The fourth-order valence-corrected chi connectivity index (χ4v) is 5.00. The first-order valence-corrected chi connectivity index (χ1v) is 7.61. The average Bonchev–Trinajstić information content (AvgIpc) is 2.94. The molecule has 5 rings (SSSR count). The maximum absolute atomic E-state index is 10.8. The number of aliphatic hydroxyl groups is 1. The van der Waals surface area contributed by atoms with Crippen LogP contribution in [0.1, 0.15) is 25.8 Å². The molecule has 4 nitrogen and oxygen atoms in total. The van der Waals surface area contributed by atoms with Crippen molar-refractivity contribution in [1.29, 1.82) is 0 Å². The Labute approximate surface area is 138 Å². The van der Waals surface area contributed by atoms with Gasteiger partial charge in [-0.2, -0.15) is 0 Å². The SMILES string of the molecule is [2H]c1c([2H])c(OC([2H])([2H])[2H])c2c3c1C[C@@H]1[C@@H]4C=CC([2H])(O)C(O2)[C@]34CCN1C. The molecular formula is C18H21NO3. The lowest BCUT2D eigenvalue weighted by Crippen LogP contribution is -2.64. The van der Waals surface area contributed by atoms with Crippen LogP contribution in [0, 0.1) is 5.92 Å². The highest BCUT2D eigenvalue weighted by Crippen LogP contribution is 2.62. The molecule has 2 unspecified atom stereocenters. The lowest BCUT2D eigenvalue weighted by Gasteiger charge is -2.56. The van der Waals surface area contributed by atoms with Crippen LogP contribution < -0.4 is 9.47 Å². The minimum Gasteiger partial charge on any atom is -0.493 e. The zero-order chi connectivity index (χ0) is 20.2. The maximum atomic E-state index is 10.8. The molecule has 1 aromatic carbocycles. The Morgan fingerprint density at radius 1 is 1.55 bits per heavy atom. The van der Waals surface area contributed by atoms with Crippen molar-refractivity contribution >= 4 is 0 Å². The van der Waals surface area contributed by atoms with Gasteiger partial charge in [0.2, 0.25) is 0 Å². The van der Waals surface area contributed by atoms with Crippen molar-refractivity contribution in [3.8, 4) is 11.5 Å². The molecule has 1 aromatic rings. The van der Waals surface area contributed by atoms with E-state index in [4.69, 9.17) is 17.7 Å². The van der Waals surface area contributed by atoms with Gasteiger partial charge in [0, 0.05) is 22.9 Å². The number of ether oxygens (including phenoxy) is 2. The normalized spacial score (nSPS) is 48.9. The van der Waals surface area contributed by atoms with Gasteiger partial charge in [-0.25, -0.2) is 0 Å². The number of hydrogen-bond donors (Lipinski definition) is 1. The molecule has 116 valence electrons. The maximum Gasteiger partial charge on any atom is 0.165 e. The lowest BCUT2D eigenvalue weighted by atomic mass is 9.53. The number of piperidine rings is 1. The van der Waals surface area contributed by atoms with Crippen molar-refractivity contribution in [1.82, 2.24) is 4.90 Å². The van der Waals surface area contributed by atoms with Gasteiger partial charge in [0.25, 0.3) is 0 Å². The van der Waals surface area contributed by atoms with E-state index < -0.39 is 24.6 Å². The molecule has 0 amide bonds. The summed E-state index contributed by atoms with van der Waals surface area (Å²) in [6.07, 6.45) is 1.50. The molecule has 0 aromatic heterocycles. The Kier molecular flexibility index (Phi) is 1.54. The highest BCUT2D eigenvalue weighted by Gasteiger charge is 2.64. The van der Waals surface area contributed by atoms with E-state index in [9.17, 15) is 5.11 Å². The summed E-state index contributed by atoms with van der Waals surface area (Å²) in [5, 5.41) is 10.8. The van der Waals surface area contributed by atoms with E-state index in [0.717, 1.165) is 6.54 Å². The largest absolute Gasteiger partial charge is 0.493 e. The number of likely N-dealkylation sites (tertiary alicyclic amines) is 1. The predicted molar refractivity (Wildman–Crippen MR) is 82.5 cm³/mol. The van der Waals surface area contributed by atoms with E-state index in [1.54, 1.807) is 0 Å². The molecule has 2 bridgehead atoms. The van der Waals surface area contributed by atoms with Gasteiger partial charge in [0.05, 0.1) is 15.3 Å². The Balaban J connectivity index is 1.83. The van der Waals surface area contributed by atoms with Crippen LogP contribution in [0.15, 0.2) is 24.2 Å². The molecular weight excluding hydrogens is 278 g/mol. The third kappa shape index (κ3) is 1.28. The first-order chi connectivity index (χ1) is 13.0. The number of likely N-dealkylation sites (N-methyl/N-ethyl adjacent to an activating group) is 1. The smallest absolute Gasteiger partial charge is 0.165 e. The first-order valence-electron chi connectivity index (χ1n) is 10.6. The minimum atomic E-state index is -2.80. The van der Waals surface area contributed by atoms with Crippen LogP contribution in [0.3, 0.4) is 0 Å². The fraction of sp³-hybridized carbons (Fsp3) is 0.556. The average molecular weight is 305 g/mol. The number of methoxy groups -OCH3 is 1. The van der Waals surface area contributed by atoms with Gasteiger partial charge >= 0.3 is 0 Å². The quantitative estimate of drug-likeness (QED) is 0.799. The second-order valence-corrected chi connectivity index (χ2v) is 6.71. The molecule has 0 radical (unpaired) electrons. The molecule has 4 heteroatoms. The summed E-state index contributed by atoms with van der Waals surface area (Å²) in [6, 6.07) is -0.340. The van der Waals surface area contributed by atoms with Gasteiger partial charge in [-0.05, 0) is 38.0 Å². The monoisotopic (exact) mass is 305 g/mol. The number of hydrogen-bond acceptors (Lipinski definition) is 4. The highest BCUT2D eigenvalue weighted by molar-refractivity contribution is 5.62. The zero-order valence-corrected chi connectivity index (χ0v) is 12.2. The second kappa shape index (κ2) is 4.06. The van der Waals surface area contributed by atoms with Gasteiger partial charge in [-0.3, -0.25) is 0 Å². The lowest BCUT2D eigenvalue weighted by molar-refractivity contribution is -0.0453. The summed E-state index contributed by atoms with van der Waals surface area (Å²) < 4.78 is 58.8. The van der Waals surface area contributed by atoms with Gasteiger partial charge in [0.1, 0.15) is 12.2 Å². The first kappa shape index (κ1) is 8.37. The van der Waals surface area contributed by atoms with Crippen LogP contribution >= 0.6 is 0 Å². The highest BCUT2D eigenvalue weighted by atomic mass is 16.5. The third-order valence-electron chi connectivity index (χ3n) is 5.94. The molecule has 0 saturated carbocycles. The van der Waals surface area contributed by atoms with Gasteiger partial charge in [-0.1, -0.05) is 18.2 Å². The van der Waals surface area contributed by atoms with Crippen molar-refractivity contribution in [2.24, 2.45) is 5.92 Å². The van der Waals surface area contributed by atoms with Crippen molar-refractivity contribution < 1.29 is 22.8 Å². The summed E-state index contributed by atoms with van der Waals surface area (Å²) in [7, 11) is -0.790. The Morgan fingerprint density at radius 2 is 2.45 bits per heavy atom. The number of rotatable bonds is 1. The van der Waals surface area contributed by atoms with Crippen LogP contribution in [0.2, 0.25) is 0 Å². The third-order valence-corrected chi connectivity index (χ3v) is 5.94. The van der Waals surface area contributed by atoms with E-state index in [1.165, 1.54) is 6.08 Å². The van der Waals surface area contributed by atoms with Crippen LogP contribution in [0.4, 0.5) is 0 Å².